The Hall–Kier alpha value is -3.64. The summed E-state index contributed by atoms with van der Waals surface area (Å²) in [4.78, 5) is 37.5. The largest absolute Gasteiger partial charge is 0.491 e. The number of aryl methyl sites for hydroxylation is 1. The van der Waals surface area contributed by atoms with Crippen LogP contribution in [0, 0.1) is 11.6 Å². The number of benzene rings is 2. The highest BCUT2D eigenvalue weighted by Gasteiger charge is 2.29. The smallest absolute Gasteiger partial charge is 0.423 e. The zero-order valence-electron chi connectivity index (χ0n) is 23.5. The van der Waals surface area contributed by atoms with E-state index in [9.17, 15) is 36.3 Å². The average Bonchev–Trinajstić information content (AvgIpc) is 2.95. The second-order valence-electron chi connectivity index (χ2n) is 9.14. The number of rotatable bonds is 13. The fourth-order valence-electron chi connectivity index (χ4n) is 3.52. The van der Waals surface area contributed by atoms with Crippen molar-refractivity contribution in [2.45, 2.75) is 38.4 Å². The molecule has 1 unspecified atom stereocenters. The fourth-order valence-corrected chi connectivity index (χ4v) is 3.52. The van der Waals surface area contributed by atoms with Crippen molar-refractivity contribution in [3.05, 3.63) is 59.2 Å². The lowest BCUT2D eigenvalue weighted by molar-refractivity contribution is -0.137. The number of nitrogens with zero attached hydrogens (tertiary/aromatic N) is 1. The Balaban J connectivity index is 0.000000639. The van der Waals surface area contributed by atoms with Gasteiger partial charge in [0.25, 0.3) is 0 Å². The number of hydrogen-bond donors (Lipinski definition) is 7. The Kier molecular flexibility index (Phi) is 15.8. The van der Waals surface area contributed by atoms with E-state index in [1.54, 1.807) is 0 Å². The van der Waals surface area contributed by atoms with E-state index in [4.69, 9.17) is 27.2 Å². The molecule has 11 nitrogen and oxygen atoms in total. The van der Waals surface area contributed by atoms with Gasteiger partial charge in [0.1, 0.15) is 11.6 Å². The van der Waals surface area contributed by atoms with Crippen LogP contribution >= 0.6 is 0 Å². The fraction of sp³-hybridized carbons (Fsp3) is 0.423. The number of carbonyl (C=O) groups excluding carboxylic acids is 3. The highest BCUT2D eigenvalue weighted by molar-refractivity contribution is 6.58. The van der Waals surface area contributed by atoms with E-state index in [2.05, 4.69) is 10.6 Å². The molecule has 0 fully saturated rings. The van der Waals surface area contributed by atoms with Crippen molar-refractivity contribution in [2.24, 2.45) is 17.2 Å². The third kappa shape index (κ3) is 13.0. The van der Waals surface area contributed by atoms with Crippen LogP contribution in [0.4, 0.5) is 27.6 Å². The highest BCUT2D eigenvalue weighted by Crippen LogP contribution is 2.29. The molecule has 1 atom stereocenters. The van der Waals surface area contributed by atoms with Crippen LogP contribution in [-0.2, 0) is 27.0 Å². The minimum Gasteiger partial charge on any atom is -0.423 e. The first-order valence-electron chi connectivity index (χ1n) is 13.2. The lowest BCUT2D eigenvalue weighted by Crippen LogP contribution is -2.45. The molecule has 0 saturated heterocycles. The molecular formula is C26H36BF5N6O5. The highest BCUT2D eigenvalue weighted by atomic mass is 19.4. The van der Waals surface area contributed by atoms with Gasteiger partial charge in [-0.3, -0.25) is 14.4 Å². The molecule has 43 heavy (non-hydrogen) atoms. The Morgan fingerprint density at radius 2 is 1.58 bits per heavy atom. The monoisotopic (exact) mass is 618 g/mol. The molecule has 17 heteroatoms. The van der Waals surface area contributed by atoms with Crippen LogP contribution in [0.5, 0.6) is 0 Å². The zero-order valence-corrected chi connectivity index (χ0v) is 23.5. The number of hydrogen-bond acceptors (Lipinski definition) is 8. The van der Waals surface area contributed by atoms with Gasteiger partial charge >= 0.3 is 13.3 Å². The first-order chi connectivity index (χ1) is 20.1. The van der Waals surface area contributed by atoms with Crippen LogP contribution in [0.3, 0.4) is 0 Å². The SMILES string of the molecule is CCc1ccc(C(F)(F)F)cc1.NCCN(CCN)C(=O)CCC(N)C(=O)NCC(=O)Nc1cc(B(O)O)c(F)cc1F. The molecule has 0 aliphatic rings. The molecule has 2 aromatic carbocycles. The van der Waals surface area contributed by atoms with Gasteiger partial charge in [-0.2, -0.15) is 13.2 Å². The normalized spacial score (nSPS) is 11.6. The van der Waals surface area contributed by atoms with Crippen LogP contribution < -0.4 is 33.3 Å². The van der Waals surface area contributed by atoms with Gasteiger partial charge in [-0.15, -0.1) is 0 Å². The Bertz CT molecular complexity index is 1200. The van der Waals surface area contributed by atoms with Gasteiger partial charge in [0.2, 0.25) is 17.7 Å². The summed E-state index contributed by atoms with van der Waals surface area (Å²) < 4.78 is 63.3. The molecule has 2 rings (SSSR count). The van der Waals surface area contributed by atoms with Crippen LogP contribution in [-0.4, -0.2) is 78.6 Å². The first-order valence-corrected chi connectivity index (χ1v) is 13.2. The summed E-state index contributed by atoms with van der Waals surface area (Å²) in [5.41, 5.74) is 15.8. The number of anilines is 1. The summed E-state index contributed by atoms with van der Waals surface area (Å²) >= 11 is 0. The summed E-state index contributed by atoms with van der Waals surface area (Å²) in [6.07, 6.45) is -3.46. The molecule has 3 amide bonds. The van der Waals surface area contributed by atoms with Crippen molar-refractivity contribution in [2.75, 3.05) is 38.0 Å². The van der Waals surface area contributed by atoms with E-state index in [0.717, 1.165) is 30.2 Å². The zero-order chi connectivity index (χ0) is 32.7. The number of alkyl halides is 3. The summed E-state index contributed by atoms with van der Waals surface area (Å²) in [7, 11) is -2.21. The lowest BCUT2D eigenvalue weighted by Gasteiger charge is -2.22. The van der Waals surface area contributed by atoms with E-state index in [1.165, 1.54) is 17.0 Å². The maximum Gasteiger partial charge on any atom is 0.491 e. The Labute approximate surface area is 245 Å². The van der Waals surface area contributed by atoms with E-state index in [0.29, 0.717) is 19.2 Å². The minimum absolute atomic E-state index is 0.0161. The second kappa shape index (κ2) is 18.1. The quantitative estimate of drug-likeness (QED) is 0.119. The molecule has 0 heterocycles. The van der Waals surface area contributed by atoms with E-state index in [-0.39, 0.29) is 31.8 Å². The van der Waals surface area contributed by atoms with Gasteiger partial charge in [-0.1, -0.05) is 19.1 Å². The predicted molar refractivity (Wildman–Crippen MR) is 151 cm³/mol. The maximum absolute atomic E-state index is 13.8. The maximum atomic E-state index is 13.8. The van der Waals surface area contributed by atoms with E-state index in [1.807, 2.05) is 6.92 Å². The summed E-state index contributed by atoms with van der Waals surface area (Å²) in [5.74, 6) is -4.17. The molecule has 2 aromatic rings. The predicted octanol–water partition coefficient (Wildman–Crippen LogP) is -0.179. The molecular weight excluding hydrogens is 582 g/mol. The van der Waals surface area contributed by atoms with E-state index >= 15 is 0 Å². The third-order valence-corrected chi connectivity index (χ3v) is 5.91. The molecule has 0 radical (unpaired) electrons. The molecule has 0 aliphatic heterocycles. The molecule has 0 aliphatic carbocycles. The van der Waals surface area contributed by atoms with Crippen LogP contribution in [0.1, 0.15) is 30.9 Å². The van der Waals surface area contributed by atoms with Crippen molar-refractivity contribution in [1.29, 1.82) is 0 Å². The molecule has 238 valence electrons. The van der Waals surface area contributed by atoms with Crippen molar-refractivity contribution in [3.63, 3.8) is 0 Å². The molecule has 0 saturated carbocycles. The van der Waals surface area contributed by atoms with Crippen LogP contribution in [0.2, 0.25) is 0 Å². The van der Waals surface area contributed by atoms with E-state index < -0.39 is 66.0 Å². The third-order valence-electron chi connectivity index (χ3n) is 5.91. The standard InChI is InChI=1S/C17H27BF2N6O5.C9H9F3/c19-11-8-12(20)14(7-10(11)18(30)31)25-15(27)9-24-17(29)13(23)1-2-16(28)26(5-3-21)6-4-22;1-2-7-3-5-8(6-4-7)9(10,11)12/h7-8,13,30-31H,1-6,9,21-23H2,(H,24,29)(H,25,27);3-6H,2H2,1H3. The summed E-state index contributed by atoms with van der Waals surface area (Å²) in [5, 5.41) is 22.4. The topological polar surface area (TPSA) is 197 Å². The molecule has 10 N–H and O–H groups in total. The Morgan fingerprint density at radius 1 is 1.00 bits per heavy atom. The number of nitrogens with one attached hydrogen (secondary N) is 2. The summed E-state index contributed by atoms with van der Waals surface area (Å²) in [6.45, 7) is 2.50. The van der Waals surface area contributed by atoms with Gasteiger partial charge in [-0.25, -0.2) is 8.78 Å². The van der Waals surface area contributed by atoms with Crippen LogP contribution in [0.15, 0.2) is 36.4 Å². The van der Waals surface area contributed by atoms with Crippen LogP contribution in [0.25, 0.3) is 0 Å². The van der Waals surface area contributed by atoms with Gasteiger partial charge in [-0.05, 0) is 36.6 Å². The molecule has 0 spiro atoms. The van der Waals surface area contributed by atoms with Gasteiger partial charge < -0.3 is 42.8 Å². The number of halogens is 5. The number of carbonyl (C=O) groups is 3. The molecule has 0 bridgehead atoms. The van der Waals surface area contributed by atoms with Crippen molar-refractivity contribution in [1.82, 2.24) is 10.2 Å². The number of nitrogens with two attached hydrogens (primary N) is 3. The van der Waals surface area contributed by atoms with Gasteiger partial charge in [0, 0.05) is 44.1 Å². The van der Waals surface area contributed by atoms with Crippen molar-refractivity contribution < 1.29 is 46.4 Å². The lowest BCUT2D eigenvalue weighted by atomic mass is 9.79. The summed E-state index contributed by atoms with van der Waals surface area (Å²) in [6, 6.07) is 5.26. The number of amides is 3. The first kappa shape index (κ1) is 37.4. The molecule has 0 aromatic heterocycles. The van der Waals surface area contributed by atoms with Crippen molar-refractivity contribution >= 4 is 36.0 Å². The second-order valence-corrected chi connectivity index (χ2v) is 9.14. The average molecular weight is 618 g/mol. The minimum atomic E-state index is -4.22. The van der Waals surface area contributed by atoms with Gasteiger partial charge in [0.15, 0.2) is 0 Å². The Morgan fingerprint density at radius 3 is 2.07 bits per heavy atom. The van der Waals surface area contributed by atoms with Gasteiger partial charge in [0.05, 0.1) is 23.8 Å². The van der Waals surface area contributed by atoms with Crippen molar-refractivity contribution in [3.8, 4) is 0 Å².